The summed E-state index contributed by atoms with van der Waals surface area (Å²) in [6.07, 6.45) is 16.2. The van der Waals surface area contributed by atoms with Crippen LogP contribution in [0.25, 0.3) is 0 Å². The maximum absolute atomic E-state index is 13.4. The molecule has 0 heterocycles. The normalized spacial score (nSPS) is 12.2. The van der Waals surface area contributed by atoms with Gasteiger partial charge < -0.3 is 20.1 Å². The molecule has 266 valence electrons. The number of hydrogen-bond acceptors (Lipinski definition) is 6. The Morgan fingerprint density at radius 2 is 1.08 bits per heavy atom. The lowest BCUT2D eigenvalue weighted by Gasteiger charge is -2.25. The lowest BCUT2D eigenvalue weighted by molar-refractivity contribution is -0.151. The Balaban J connectivity index is 1.80. The van der Waals surface area contributed by atoms with Crippen LogP contribution in [0, 0.1) is 5.92 Å². The molecular formula is C40H60N2O6. The Morgan fingerprint density at radius 1 is 0.604 bits per heavy atom. The number of carbonyl (C=O) groups is 4. The molecule has 2 N–H and O–H groups in total. The Labute approximate surface area is 289 Å². The second-order valence-corrected chi connectivity index (χ2v) is 13.1. The smallest absolute Gasteiger partial charge is 0.328 e. The van der Waals surface area contributed by atoms with Crippen LogP contribution in [0.4, 0.5) is 0 Å². The Kier molecular flexibility index (Phi) is 21.4. The number of hydrogen-bond donors (Lipinski definition) is 2. The van der Waals surface area contributed by atoms with Gasteiger partial charge in [0, 0.05) is 12.8 Å². The highest BCUT2D eigenvalue weighted by molar-refractivity contribution is 5.91. The third-order valence-electron chi connectivity index (χ3n) is 8.48. The van der Waals surface area contributed by atoms with Crippen molar-refractivity contribution in [2.45, 2.75) is 149 Å². The fourth-order valence-corrected chi connectivity index (χ4v) is 5.50. The summed E-state index contributed by atoms with van der Waals surface area (Å²) in [5.41, 5.74) is 1.66. The van der Waals surface area contributed by atoms with E-state index in [0.717, 1.165) is 30.4 Å². The van der Waals surface area contributed by atoms with Gasteiger partial charge in [0.1, 0.15) is 25.3 Å². The summed E-state index contributed by atoms with van der Waals surface area (Å²) in [4.78, 5) is 51.9. The number of carbonyl (C=O) groups excluding carboxylic acids is 4. The SMILES string of the molecule is CCCCCCCCCCCCCCCC(=O)NC(C(=O)NC(CCC(=O)OCc1ccccc1)C(=O)OCc1ccccc1)C(C)C. The number of nitrogens with one attached hydrogen (secondary N) is 2. The maximum atomic E-state index is 13.4. The molecule has 0 aliphatic carbocycles. The first kappa shape index (κ1) is 40.5. The standard InChI is InChI=1S/C40H60N2O6/c1-4-5-6-7-8-9-10-11-12-13-14-15-22-27-36(43)42-38(32(2)3)39(45)41-35(40(46)48-31-34-25-20-17-21-26-34)28-29-37(44)47-30-33-23-18-16-19-24-33/h16-21,23-26,32,35,38H,4-15,22,27-31H2,1-3H3,(H,41,45)(H,42,43). The van der Waals surface area contributed by atoms with Gasteiger partial charge in [-0.15, -0.1) is 0 Å². The summed E-state index contributed by atoms with van der Waals surface area (Å²) in [6.45, 7) is 6.10. The molecule has 2 aromatic carbocycles. The molecule has 0 aliphatic heterocycles. The second-order valence-electron chi connectivity index (χ2n) is 13.1. The Morgan fingerprint density at radius 3 is 1.58 bits per heavy atom. The molecule has 0 radical (unpaired) electrons. The first-order chi connectivity index (χ1) is 23.3. The monoisotopic (exact) mass is 664 g/mol. The summed E-state index contributed by atoms with van der Waals surface area (Å²) < 4.78 is 10.9. The molecule has 8 nitrogen and oxygen atoms in total. The number of benzene rings is 2. The van der Waals surface area contributed by atoms with Crippen LogP contribution >= 0.6 is 0 Å². The van der Waals surface area contributed by atoms with E-state index < -0.39 is 29.9 Å². The molecule has 0 spiro atoms. The zero-order valence-corrected chi connectivity index (χ0v) is 29.7. The van der Waals surface area contributed by atoms with Crippen molar-refractivity contribution in [3.05, 3.63) is 71.8 Å². The van der Waals surface area contributed by atoms with E-state index in [0.29, 0.717) is 6.42 Å². The minimum absolute atomic E-state index is 0.00467. The number of amides is 2. The van der Waals surface area contributed by atoms with E-state index in [4.69, 9.17) is 9.47 Å². The van der Waals surface area contributed by atoms with Crippen molar-refractivity contribution < 1.29 is 28.7 Å². The lowest BCUT2D eigenvalue weighted by Crippen LogP contribution is -2.54. The van der Waals surface area contributed by atoms with Gasteiger partial charge in [-0.2, -0.15) is 0 Å². The molecule has 0 bridgehead atoms. The second kappa shape index (κ2) is 25.4. The van der Waals surface area contributed by atoms with Crippen LogP contribution in [0.2, 0.25) is 0 Å². The van der Waals surface area contributed by atoms with Crippen molar-refractivity contribution in [3.8, 4) is 0 Å². The van der Waals surface area contributed by atoms with E-state index in [1.165, 1.54) is 64.2 Å². The molecule has 48 heavy (non-hydrogen) atoms. The number of unbranched alkanes of at least 4 members (excludes halogenated alkanes) is 12. The number of ether oxygens (including phenoxy) is 2. The Hall–Kier alpha value is -3.68. The third kappa shape index (κ3) is 18.6. The van der Waals surface area contributed by atoms with Crippen molar-refractivity contribution in [2.75, 3.05) is 0 Å². The molecule has 2 atom stereocenters. The van der Waals surface area contributed by atoms with E-state index in [1.807, 2.05) is 74.5 Å². The Bertz CT molecular complexity index is 1170. The molecule has 0 fully saturated rings. The minimum atomic E-state index is -1.08. The first-order valence-electron chi connectivity index (χ1n) is 18.3. The summed E-state index contributed by atoms with van der Waals surface area (Å²) >= 11 is 0. The molecule has 0 saturated heterocycles. The average molecular weight is 665 g/mol. The minimum Gasteiger partial charge on any atom is -0.461 e. The van der Waals surface area contributed by atoms with Crippen LogP contribution in [-0.4, -0.2) is 35.8 Å². The highest BCUT2D eigenvalue weighted by Crippen LogP contribution is 2.14. The van der Waals surface area contributed by atoms with E-state index in [2.05, 4.69) is 17.6 Å². The zero-order valence-electron chi connectivity index (χ0n) is 29.7. The summed E-state index contributed by atoms with van der Waals surface area (Å²) in [7, 11) is 0. The van der Waals surface area contributed by atoms with E-state index >= 15 is 0 Å². The van der Waals surface area contributed by atoms with Crippen molar-refractivity contribution in [1.29, 1.82) is 0 Å². The van der Waals surface area contributed by atoms with E-state index in [9.17, 15) is 19.2 Å². The van der Waals surface area contributed by atoms with Gasteiger partial charge in [-0.05, 0) is 29.9 Å². The highest BCUT2D eigenvalue weighted by atomic mass is 16.5. The first-order valence-corrected chi connectivity index (χ1v) is 18.3. The van der Waals surface area contributed by atoms with Gasteiger partial charge in [-0.1, -0.05) is 158 Å². The van der Waals surface area contributed by atoms with Crippen molar-refractivity contribution in [1.82, 2.24) is 10.6 Å². The predicted molar refractivity (Wildman–Crippen MR) is 191 cm³/mol. The van der Waals surface area contributed by atoms with Crippen molar-refractivity contribution >= 4 is 23.8 Å². The molecule has 0 saturated carbocycles. The molecule has 2 amide bonds. The quantitative estimate of drug-likeness (QED) is 0.0773. The molecule has 0 aromatic heterocycles. The van der Waals surface area contributed by atoms with Gasteiger partial charge in [0.05, 0.1) is 0 Å². The van der Waals surface area contributed by atoms with Crippen molar-refractivity contribution in [3.63, 3.8) is 0 Å². The largest absolute Gasteiger partial charge is 0.461 e. The van der Waals surface area contributed by atoms with Gasteiger partial charge in [0.15, 0.2) is 0 Å². The van der Waals surface area contributed by atoms with Crippen LogP contribution < -0.4 is 10.6 Å². The summed E-state index contributed by atoms with van der Waals surface area (Å²) in [5, 5.41) is 5.62. The van der Waals surface area contributed by atoms with Gasteiger partial charge in [-0.25, -0.2) is 4.79 Å². The van der Waals surface area contributed by atoms with Crippen LogP contribution in [0.5, 0.6) is 0 Å². The van der Waals surface area contributed by atoms with Crippen molar-refractivity contribution in [2.24, 2.45) is 5.92 Å². The van der Waals surface area contributed by atoms with Crippen LogP contribution in [0.1, 0.15) is 135 Å². The zero-order chi connectivity index (χ0) is 34.8. The molecular weight excluding hydrogens is 604 g/mol. The lowest BCUT2D eigenvalue weighted by atomic mass is 10.0. The highest BCUT2D eigenvalue weighted by Gasteiger charge is 2.30. The van der Waals surface area contributed by atoms with E-state index in [-0.39, 0.29) is 37.9 Å². The molecule has 2 aromatic rings. The number of esters is 2. The number of rotatable bonds is 26. The fourth-order valence-electron chi connectivity index (χ4n) is 5.50. The van der Waals surface area contributed by atoms with Gasteiger partial charge in [0.25, 0.3) is 0 Å². The van der Waals surface area contributed by atoms with Crippen LogP contribution in [0.3, 0.4) is 0 Å². The van der Waals surface area contributed by atoms with Crippen LogP contribution in [-0.2, 0) is 41.9 Å². The fraction of sp³-hybridized carbons (Fsp3) is 0.600. The molecule has 2 unspecified atom stereocenters. The third-order valence-corrected chi connectivity index (χ3v) is 8.48. The topological polar surface area (TPSA) is 111 Å². The molecule has 0 aliphatic rings. The predicted octanol–water partition coefficient (Wildman–Crippen LogP) is 8.36. The molecule has 2 rings (SSSR count). The van der Waals surface area contributed by atoms with E-state index in [1.54, 1.807) is 0 Å². The maximum Gasteiger partial charge on any atom is 0.328 e. The van der Waals surface area contributed by atoms with Gasteiger partial charge in [-0.3, -0.25) is 14.4 Å². The van der Waals surface area contributed by atoms with Gasteiger partial charge in [0.2, 0.25) is 11.8 Å². The average Bonchev–Trinajstić information content (AvgIpc) is 3.09. The molecule has 8 heteroatoms. The summed E-state index contributed by atoms with van der Waals surface area (Å²) in [6, 6.07) is 16.7. The summed E-state index contributed by atoms with van der Waals surface area (Å²) in [5.74, 6) is -2.01. The van der Waals surface area contributed by atoms with Gasteiger partial charge >= 0.3 is 11.9 Å². The van der Waals surface area contributed by atoms with Crippen LogP contribution in [0.15, 0.2) is 60.7 Å².